The van der Waals surface area contributed by atoms with Gasteiger partial charge in [-0.15, -0.1) is 0 Å². The Balaban J connectivity index is 1.56. The Bertz CT molecular complexity index is 957. The highest BCUT2D eigenvalue weighted by atomic mass is 35.5. The number of halogens is 1. The zero-order valence-electron chi connectivity index (χ0n) is 14.1. The number of ether oxygens (including phenoxy) is 2. The molecule has 0 aliphatic rings. The number of nitrogens with zero attached hydrogens (tertiary/aromatic N) is 1. The Morgan fingerprint density at radius 3 is 2.73 bits per heavy atom. The largest absolute Gasteiger partial charge is 0.496 e. The van der Waals surface area contributed by atoms with Gasteiger partial charge < -0.3 is 9.47 Å². The van der Waals surface area contributed by atoms with E-state index in [9.17, 15) is 4.79 Å². The van der Waals surface area contributed by atoms with Gasteiger partial charge in [-0.25, -0.2) is 5.43 Å². The van der Waals surface area contributed by atoms with Crippen LogP contribution >= 0.6 is 11.6 Å². The Morgan fingerprint density at radius 1 is 1.12 bits per heavy atom. The summed E-state index contributed by atoms with van der Waals surface area (Å²) in [6, 6.07) is 18.8. The van der Waals surface area contributed by atoms with Crippen molar-refractivity contribution in [2.75, 3.05) is 13.7 Å². The second-order valence-corrected chi connectivity index (χ2v) is 5.91. The van der Waals surface area contributed by atoms with E-state index in [1.54, 1.807) is 25.3 Å². The molecule has 5 nitrogen and oxygen atoms in total. The average molecular weight is 369 g/mol. The number of amides is 1. The highest BCUT2D eigenvalue weighted by Crippen LogP contribution is 2.21. The zero-order chi connectivity index (χ0) is 18.4. The van der Waals surface area contributed by atoms with Gasteiger partial charge in [-0.1, -0.05) is 41.9 Å². The van der Waals surface area contributed by atoms with Crippen molar-refractivity contribution in [3.63, 3.8) is 0 Å². The fourth-order valence-corrected chi connectivity index (χ4v) is 2.60. The van der Waals surface area contributed by atoms with Crippen LogP contribution in [0.25, 0.3) is 10.8 Å². The summed E-state index contributed by atoms with van der Waals surface area (Å²) in [5, 5.41) is 6.63. The van der Waals surface area contributed by atoms with Gasteiger partial charge in [-0.3, -0.25) is 4.79 Å². The third-order valence-corrected chi connectivity index (χ3v) is 3.91. The summed E-state index contributed by atoms with van der Waals surface area (Å²) >= 11 is 5.95. The molecule has 0 saturated heterocycles. The van der Waals surface area contributed by atoms with Gasteiger partial charge >= 0.3 is 0 Å². The number of carbonyl (C=O) groups excluding carboxylic acids is 1. The maximum atomic E-state index is 11.9. The second kappa shape index (κ2) is 8.36. The number of benzene rings is 3. The van der Waals surface area contributed by atoms with E-state index in [4.69, 9.17) is 21.1 Å². The summed E-state index contributed by atoms with van der Waals surface area (Å²) in [4.78, 5) is 11.9. The van der Waals surface area contributed by atoms with Crippen LogP contribution in [0.5, 0.6) is 11.5 Å². The summed E-state index contributed by atoms with van der Waals surface area (Å²) in [5.41, 5.74) is 3.08. The predicted molar refractivity (Wildman–Crippen MR) is 103 cm³/mol. The molecule has 0 spiro atoms. The van der Waals surface area contributed by atoms with Crippen LogP contribution in [0, 0.1) is 0 Å². The first-order valence-corrected chi connectivity index (χ1v) is 8.30. The Kier molecular flexibility index (Phi) is 5.71. The highest BCUT2D eigenvalue weighted by Gasteiger charge is 2.04. The van der Waals surface area contributed by atoms with Crippen LogP contribution in [-0.2, 0) is 4.79 Å². The molecule has 0 saturated carbocycles. The van der Waals surface area contributed by atoms with Crippen molar-refractivity contribution in [2.24, 2.45) is 5.10 Å². The van der Waals surface area contributed by atoms with Crippen molar-refractivity contribution < 1.29 is 14.3 Å². The number of hydrogen-bond donors (Lipinski definition) is 1. The minimum absolute atomic E-state index is 0.137. The summed E-state index contributed by atoms with van der Waals surface area (Å²) in [7, 11) is 1.55. The molecule has 3 rings (SSSR count). The molecule has 0 aliphatic carbocycles. The maximum absolute atomic E-state index is 11.9. The number of methoxy groups -OCH3 is 1. The van der Waals surface area contributed by atoms with Crippen LogP contribution < -0.4 is 14.9 Å². The molecule has 0 fully saturated rings. The molecule has 0 aromatic heterocycles. The Morgan fingerprint density at radius 2 is 1.92 bits per heavy atom. The van der Waals surface area contributed by atoms with E-state index in [1.807, 2.05) is 42.5 Å². The predicted octanol–water partition coefficient (Wildman–Crippen LogP) is 4.03. The van der Waals surface area contributed by atoms with Crippen molar-refractivity contribution >= 4 is 34.5 Å². The summed E-state index contributed by atoms with van der Waals surface area (Å²) in [5.74, 6) is 0.870. The van der Waals surface area contributed by atoms with Crippen LogP contribution in [0.3, 0.4) is 0 Å². The molecular weight excluding hydrogens is 352 g/mol. The third-order valence-electron chi connectivity index (χ3n) is 3.68. The number of carbonyl (C=O) groups is 1. The van der Waals surface area contributed by atoms with E-state index in [-0.39, 0.29) is 12.5 Å². The van der Waals surface area contributed by atoms with Crippen molar-refractivity contribution in [1.29, 1.82) is 0 Å². The summed E-state index contributed by atoms with van der Waals surface area (Å²) in [6.07, 6.45) is 1.47. The first kappa shape index (κ1) is 17.8. The van der Waals surface area contributed by atoms with Gasteiger partial charge in [0.25, 0.3) is 5.91 Å². The molecule has 0 heterocycles. The van der Waals surface area contributed by atoms with Crippen LogP contribution in [-0.4, -0.2) is 25.8 Å². The molecule has 1 amide bonds. The number of hydrazone groups is 1. The minimum atomic E-state index is -0.365. The molecule has 132 valence electrons. The molecule has 0 aliphatic heterocycles. The van der Waals surface area contributed by atoms with E-state index in [0.717, 1.165) is 10.8 Å². The number of nitrogens with one attached hydrogen (secondary N) is 1. The number of hydrogen-bond acceptors (Lipinski definition) is 4. The average Bonchev–Trinajstić information content (AvgIpc) is 2.66. The fraction of sp³-hybridized carbons (Fsp3) is 0.100. The molecule has 0 unspecified atom stereocenters. The van der Waals surface area contributed by atoms with Gasteiger partial charge in [-0.05, 0) is 41.1 Å². The monoisotopic (exact) mass is 368 g/mol. The number of fused-ring (bicyclic) bond motifs is 1. The second-order valence-electron chi connectivity index (χ2n) is 5.48. The lowest BCUT2D eigenvalue weighted by Gasteiger charge is -2.07. The smallest absolute Gasteiger partial charge is 0.277 e. The highest BCUT2D eigenvalue weighted by molar-refractivity contribution is 6.30. The Labute approximate surface area is 156 Å². The lowest BCUT2D eigenvalue weighted by molar-refractivity contribution is -0.123. The maximum Gasteiger partial charge on any atom is 0.277 e. The van der Waals surface area contributed by atoms with Gasteiger partial charge in [0.2, 0.25) is 0 Å². The van der Waals surface area contributed by atoms with Crippen molar-refractivity contribution in [1.82, 2.24) is 5.43 Å². The van der Waals surface area contributed by atoms with Crippen LogP contribution in [0.1, 0.15) is 5.56 Å². The lowest BCUT2D eigenvalue weighted by Crippen LogP contribution is -2.24. The van der Waals surface area contributed by atoms with Gasteiger partial charge in [0, 0.05) is 10.6 Å². The SMILES string of the molecule is COc1ccc(Cl)cc1C=NNC(=O)COc1ccc2ccccc2c1. The minimum Gasteiger partial charge on any atom is -0.496 e. The van der Waals surface area contributed by atoms with E-state index >= 15 is 0 Å². The zero-order valence-corrected chi connectivity index (χ0v) is 14.9. The van der Waals surface area contributed by atoms with Crippen molar-refractivity contribution in [2.45, 2.75) is 0 Å². The van der Waals surface area contributed by atoms with E-state index in [2.05, 4.69) is 10.5 Å². The molecule has 26 heavy (non-hydrogen) atoms. The standard InChI is InChI=1S/C20H17ClN2O3/c1-25-19-9-7-17(21)10-16(19)12-22-23-20(24)13-26-18-8-6-14-4-2-3-5-15(14)11-18/h2-12H,13H2,1H3,(H,23,24). The third kappa shape index (κ3) is 4.52. The van der Waals surface area contributed by atoms with Crippen molar-refractivity contribution in [3.05, 3.63) is 71.2 Å². The van der Waals surface area contributed by atoms with Gasteiger partial charge in [0.1, 0.15) is 11.5 Å². The molecule has 0 bridgehead atoms. The normalized spacial score (nSPS) is 10.8. The first-order valence-electron chi connectivity index (χ1n) is 7.93. The van der Waals surface area contributed by atoms with E-state index in [0.29, 0.717) is 22.1 Å². The summed E-state index contributed by atoms with van der Waals surface area (Å²) < 4.78 is 10.7. The molecule has 1 N–H and O–H groups in total. The molecule has 0 radical (unpaired) electrons. The molecular formula is C20H17ClN2O3. The van der Waals surface area contributed by atoms with Crippen molar-refractivity contribution in [3.8, 4) is 11.5 Å². The van der Waals surface area contributed by atoms with E-state index in [1.165, 1.54) is 6.21 Å². The molecule has 6 heteroatoms. The van der Waals surface area contributed by atoms with E-state index < -0.39 is 0 Å². The lowest BCUT2D eigenvalue weighted by atomic mass is 10.1. The molecule has 0 atom stereocenters. The van der Waals surface area contributed by atoms with Gasteiger partial charge in [-0.2, -0.15) is 5.10 Å². The molecule has 3 aromatic carbocycles. The van der Waals surface area contributed by atoms with Crippen LogP contribution in [0.2, 0.25) is 5.02 Å². The summed E-state index contributed by atoms with van der Waals surface area (Å²) in [6.45, 7) is -0.137. The number of rotatable bonds is 6. The topological polar surface area (TPSA) is 59.9 Å². The first-order chi connectivity index (χ1) is 12.7. The Hall–Kier alpha value is -3.05. The fourth-order valence-electron chi connectivity index (χ4n) is 2.42. The van der Waals surface area contributed by atoms with Gasteiger partial charge in [0.05, 0.1) is 13.3 Å². The quantitative estimate of drug-likeness (QED) is 0.528. The van der Waals surface area contributed by atoms with Crippen LogP contribution in [0.4, 0.5) is 0 Å². The molecule has 3 aromatic rings. The van der Waals surface area contributed by atoms with Crippen LogP contribution in [0.15, 0.2) is 65.8 Å². The van der Waals surface area contributed by atoms with Gasteiger partial charge in [0.15, 0.2) is 6.61 Å².